The van der Waals surface area contributed by atoms with Crippen LogP contribution in [0.4, 0.5) is 0 Å². The molecule has 2 unspecified atom stereocenters. The normalized spacial score (nSPS) is 36.6. The van der Waals surface area contributed by atoms with Crippen molar-refractivity contribution in [1.82, 2.24) is 10.2 Å². The van der Waals surface area contributed by atoms with Gasteiger partial charge < -0.3 is 24.8 Å². The molecule has 4 fully saturated rings. The molecule has 1 spiro atoms. The highest BCUT2D eigenvalue weighted by Gasteiger charge is 2.75. The minimum absolute atomic E-state index is 0.104. The van der Waals surface area contributed by atoms with Gasteiger partial charge in [0.25, 0.3) is 0 Å². The van der Waals surface area contributed by atoms with Crippen molar-refractivity contribution in [1.29, 1.82) is 0 Å². The molecule has 1 saturated carbocycles. The number of amides is 2. The highest BCUT2D eigenvalue weighted by atomic mass is 16.6. The van der Waals surface area contributed by atoms with Crippen LogP contribution in [0.25, 0.3) is 0 Å². The molecule has 0 radical (unpaired) electrons. The summed E-state index contributed by atoms with van der Waals surface area (Å²) >= 11 is 0. The lowest BCUT2D eigenvalue weighted by Crippen LogP contribution is -2.59. The molecular weight excluding hydrogens is 388 g/mol. The van der Waals surface area contributed by atoms with Gasteiger partial charge in [-0.3, -0.25) is 14.4 Å². The van der Waals surface area contributed by atoms with Crippen LogP contribution >= 0.6 is 0 Å². The third-order valence-corrected chi connectivity index (χ3v) is 7.57. The van der Waals surface area contributed by atoms with E-state index in [1.165, 1.54) is 11.3 Å². The van der Waals surface area contributed by atoms with Crippen molar-refractivity contribution in [2.45, 2.75) is 95.0 Å². The van der Waals surface area contributed by atoms with E-state index in [9.17, 15) is 19.5 Å². The molecular formula is C22H34N2O6. The molecule has 30 heavy (non-hydrogen) atoms. The number of aliphatic hydroxyl groups is 1. The Bertz CT molecular complexity index is 689. The van der Waals surface area contributed by atoms with Crippen LogP contribution in [0.15, 0.2) is 0 Å². The minimum atomic E-state index is -1.01. The lowest BCUT2D eigenvalue weighted by Gasteiger charge is -2.37. The largest absolute Gasteiger partial charge is 0.466 e. The van der Waals surface area contributed by atoms with Crippen LogP contribution in [0.1, 0.15) is 65.2 Å². The average Bonchev–Trinajstić information content (AvgIpc) is 3.38. The van der Waals surface area contributed by atoms with Gasteiger partial charge in [-0.25, -0.2) is 0 Å². The van der Waals surface area contributed by atoms with Crippen LogP contribution in [0.2, 0.25) is 0 Å². The minimum Gasteiger partial charge on any atom is -0.466 e. The Hall–Kier alpha value is -1.67. The third-order valence-electron chi connectivity index (χ3n) is 7.57. The van der Waals surface area contributed by atoms with E-state index in [-0.39, 0.29) is 37.2 Å². The quantitative estimate of drug-likeness (QED) is 0.596. The van der Waals surface area contributed by atoms with Gasteiger partial charge in [-0.1, -0.05) is 26.2 Å². The van der Waals surface area contributed by atoms with Gasteiger partial charge in [0.15, 0.2) is 0 Å². The zero-order valence-electron chi connectivity index (χ0n) is 18.0. The molecule has 6 atom stereocenters. The Morgan fingerprint density at radius 3 is 2.63 bits per heavy atom. The smallest absolute Gasteiger partial charge is 0.312 e. The molecule has 4 rings (SSSR count). The first-order valence-corrected chi connectivity index (χ1v) is 11.6. The fraction of sp³-hybridized carbons (Fsp3) is 0.864. The van der Waals surface area contributed by atoms with Gasteiger partial charge in [-0.05, 0) is 39.0 Å². The molecule has 3 aliphatic heterocycles. The number of nitrogens with zero attached hydrogens (tertiary/aromatic N) is 1. The maximum absolute atomic E-state index is 13.6. The first-order valence-electron chi connectivity index (χ1n) is 11.6. The van der Waals surface area contributed by atoms with Crippen LogP contribution in [-0.2, 0) is 23.9 Å². The van der Waals surface area contributed by atoms with Crippen LogP contribution in [0.3, 0.4) is 0 Å². The molecule has 2 bridgehead atoms. The molecule has 2 N–H and O–H groups in total. The van der Waals surface area contributed by atoms with Gasteiger partial charge in [-0.15, -0.1) is 0 Å². The lowest BCUT2D eigenvalue weighted by atomic mass is 9.70. The van der Waals surface area contributed by atoms with E-state index >= 15 is 0 Å². The Balaban J connectivity index is 1.68. The number of carbonyl (C=O) groups excluding carboxylic acids is 3. The summed E-state index contributed by atoms with van der Waals surface area (Å²) in [6.45, 7) is 3.63. The van der Waals surface area contributed by atoms with E-state index in [1.54, 1.807) is 6.92 Å². The molecule has 4 aliphatic rings. The fourth-order valence-electron chi connectivity index (χ4n) is 6.23. The summed E-state index contributed by atoms with van der Waals surface area (Å²) in [7, 11) is 0. The summed E-state index contributed by atoms with van der Waals surface area (Å²) in [6.07, 6.45) is 6.55. The van der Waals surface area contributed by atoms with Crippen molar-refractivity contribution in [3.8, 4) is 0 Å². The number of likely N-dealkylation sites (tertiary alicyclic amines) is 1. The Labute approximate surface area is 177 Å². The summed E-state index contributed by atoms with van der Waals surface area (Å²) in [6, 6.07) is -1.20. The summed E-state index contributed by atoms with van der Waals surface area (Å²) in [5.74, 6) is -2.31. The van der Waals surface area contributed by atoms with E-state index in [1.807, 2.05) is 6.92 Å². The Kier molecular flexibility index (Phi) is 6.08. The van der Waals surface area contributed by atoms with E-state index < -0.39 is 35.5 Å². The third kappa shape index (κ3) is 3.23. The molecule has 0 aromatic rings. The van der Waals surface area contributed by atoms with E-state index in [2.05, 4.69) is 5.32 Å². The second-order valence-corrected chi connectivity index (χ2v) is 9.14. The molecule has 8 heteroatoms. The average molecular weight is 423 g/mol. The van der Waals surface area contributed by atoms with Crippen molar-refractivity contribution < 1.29 is 29.0 Å². The SMILES string of the molecule is CCOC(=O)[C@@H]1[C@H]2C(=O)N([C@@H](CC)CO)C(C(=O)NC3CCCCC3)C23CC[C@H]1O3. The van der Waals surface area contributed by atoms with Crippen molar-refractivity contribution in [3.05, 3.63) is 0 Å². The predicted molar refractivity (Wildman–Crippen MR) is 107 cm³/mol. The molecule has 3 saturated heterocycles. The number of aliphatic hydroxyl groups excluding tert-OH is 1. The molecule has 3 heterocycles. The maximum atomic E-state index is 13.6. The lowest BCUT2D eigenvalue weighted by molar-refractivity contribution is -0.155. The van der Waals surface area contributed by atoms with Gasteiger partial charge >= 0.3 is 5.97 Å². The zero-order chi connectivity index (χ0) is 21.5. The van der Waals surface area contributed by atoms with Crippen LogP contribution in [-0.4, -0.2) is 70.8 Å². The monoisotopic (exact) mass is 422 g/mol. The van der Waals surface area contributed by atoms with E-state index in [0.717, 1.165) is 25.7 Å². The highest BCUT2D eigenvalue weighted by Crippen LogP contribution is 2.59. The zero-order valence-corrected chi connectivity index (χ0v) is 18.0. The highest BCUT2D eigenvalue weighted by molar-refractivity contribution is 5.98. The molecule has 1 aliphatic carbocycles. The van der Waals surface area contributed by atoms with Crippen molar-refractivity contribution in [2.24, 2.45) is 11.8 Å². The van der Waals surface area contributed by atoms with E-state index in [4.69, 9.17) is 9.47 Å². The standard InChI is InChI=1S/C22H34N2O6/c1-3-14(12-25)24-18(19(26)23-13-8-6-5-7-9-13)22-11-10-15(30-22)16(17(22)20(24)27)21(28)29-4-2/h13-18,25H,3-12H2,1-2H3,(H,23,26)/t14-,15+,16-,17-,18?,22?/m0/s1. The molecule has 0 aromatic carbocycles. The first-order chi connectivity index (χ1) is 14.5. The van der Waals surface area contributed by atoms with Crippen molar-refractivity contribution >= 4 is 17.8 Å². The number of ether oxygens (including phenoxy) is 2. The summed E-state index contributed by atoms with van der Waals surface area (Å²) in [5.41, 5.74) is -1.01. The molecule has 168 valence electrons. The van der Waals surface area contributed by atoms with Gasteiger partial charge in [0.1, 0.15) is 11.6 Å². The van der Waals surface area contributed by atoms with Gasteiger partial charge in [0.05, 0.1) is 37.2 Å². The molecule has 0 aromatic heterocycles. The fourth-order valence-corrected chi connectivity index (χ4v) is 6.23. The van der Waals surface area contributed by atoms with Gasteiger partial charge in [0, 0.05) is 6.04 Å². The number of hydrogen-bond donors (Lipinski definition) is 2. The van der Waals surface area contributed by atoms with E-state index in [0.29, 0.717) is 19.3 Å². The van der Waals surface area contributed by atoms with Crippen molar-refractivity contribution in [3.63, 3.8) is 0 Å². The number of carbonyl (C=O) groups is 3. The van der Waals surface area contributed by atoms with Crippen molar-refractivity contribution in [2.75, 3.05) is 13.2 Å². The van der Waals surface area contributed by atoms with Gasteiger partial charge in [0.2, 0.25) is 11.8 Å². The summed E-state index contributed by atoms with van der Waals surface area (Å²) in [4.78, 5) is 41.4. The van der Waals surface area contributed by atoms with Gasteiger partial charge in [-0.2, -0.15) is 0 Å². The maximum Gasteiger partial charge on any atom is 0.312 e. The van der Waals surface area contributed by atoms with Crippen LogP contribution < -0.4 is 5.32 Å². The topological polar surface area (TPSA) is 105 Å². The number of esters is 1. The number of nitrogens with one attached hydrogen (secondary N) is 1. The number of fused-ring (bicyclic) bond motifs is 1. The summed E-state index contributed by atoms with van der Waals surface area (Å²) in [5, 5.41) is 13.1. The second-order valence-electron chi connectivity index (χ2n) is 9.14. The summed E-state index contributed by atoms with van der Waals surface area (Å²) < 4.78 is 11.6. The van der Waals surface area contributed by atoms with Crippen LogP contribution in [0, 0.1) is 11.8 Å². The second kappa shape index (κ2) is 8.46. The Morgan fingerprint density at radius 2 is 2.00 bits per heavy atom. The number of hydrogen-bond acceptors (Lipinski definition) is 6. The number of rotatable bonds is 7. The Morgan fingerprint density at radius 1 is 1.27 bits per heavy atom. The molecule has 8 nitrogen and oxygen atoms in total. The van der Waals surface area contributed by atoms with Crippen LogP contribution in [0.5, 0.6) is 0 Å². The molecule has 2 amide bonds. The first kappa shape index (κ1) is 21.6. The predicted octanol–water partition coefficient (Wildman–Crippen LogP) is 1.14.